The van der Waals surface area contributed by atoms with Crippen LogP contribution in [0.4, 0.5) is 10.1 Å². The van der Waals surface area contributed by atoms with E-state index in [1.54, 1.807) is 0 Å². The predicted octanol–water partition coefficient (Wildman–Crippen LogP) is 4.09. The molecule has 0 radical (unpaired) electrons. The van der Waals surface area contributed by atoms with Gasteiger partial charge >= 0.3 is 0 Å². The van der Waals surface area contributed by atoms with Gasteiger partial charge in [0.05, 0.1) is 10.6 Å². The molecule has 9 heteroatoms. The highest BCUT2D eigenvalue weighted by Crippen LogP contribution is 2.29. The number of carbonyl (C=O) groups excluding carboxylic acids is 1. The highest BCUT2D eigenvalue weighted by atomic mass is 35.5. The van der Waals surface area contributed by atoms with Gasteiger partial charge < -0.3 is 0 Å². The van der Waals surface area contributed by atoms with Gasteiger partial charge in [0.15, 0.2) is 0 Å². The van der Waals surface area contributed by atoms with Gasteiger partial charge in [0, 0.05) is 10.0 Å². The lowest BCUT2D eigenvalue weighted by atomic mass is 10.3. The van der Waals surface area contributed by atoms with Crippen LogP contribution in [-0.4, -0.2) is 20.2 Å². The molecule has 23 heavy (non-hydrogen) atoms. The molecular formula is C14H9Cl3FNO3S. The highest BCUT2D eigenvalue weighted by molar-refractivity contribution is 7.92. The van der Waals surface area contributed by atoms with Crippen molar-refractivity contribution in [2.75, 3.05) is 10.8 Å². The van der Waals surface area contributed by atoms with Crippen molar-refractivity contribution < 1.29 is 17.6 Å². The summed E-state index contributed by atoms with van der Waals surface area (Å²) in [4.78, 5) is 11.1. The Morgan fingerprint density at radius 3 is 2.04 bits per heavy atom. The van der Waals surface area contributed by atoms with Crippen molar-refractivity contribution >= 4 is 55.8 Å². The predicted molar refractivity (Wildman–Crippen MR) is 88.3 cm³/mol. The van der Waals surface area contributed by atoms with E-state index in [1.165, 1.54) is 18.2 Å². The average Bonchev–Trinajstić information content (AvgIpc) is 2.43. The number of hydrogen-bond donors (Lipinski definition) is 0. The maximum absolute atomic E-state index is 13.0. The van der Waals surface area contributed by atoms with Gasteiger partial charge in [0.1, 0.15) is 12.4 Å². The van der Waals surface area contributed by atoms with E-state index in [4.69, 9.17) is 34.8 Å². The Hall–Kier alpha value is -1.34. The largest absolute Gasteiger partial charge is 0.279 e. The number of nitrogens with zero attached hydrogens (tertiary/aromatic N) is 1. The molecule has 0 bridgehead atoms. The Bertz CT molecular complexity index is 821. The van der Waals surface area contributed by atoms with Gasteiger partial charge in [-0.2, -0.15) is 0 Å². The molecule has 2 aromatic rings. The van der Waals surface area contributed by atoms with E-state index >= 15 is 0 Å². The molecule has 0 unspecified atom stereocenters. The van der Waals surface area contributed by atoms with Crippen molar-refractivity contribution in [1.82, 2.24) is 0 Å². The van der Waals surface area contributed by atoms with Crippen LogP contribution in [0.25, 0.3) is 0 Å². The van der Waals surface area contributed by atoms with Crippen molar-refractivity contribution in [3.63, 3.8) is 0 Å². The summed E-state index contributed by atoms with van der Waals surface area (Å²) >= 11 is 17.1. The van der Waals surface area contributed by atoms with Crippen LogP contribution in [0.15, 0.2) is 47.4 Å². The summed E-state index contributed by atoms with van der Waals surface area (Å²) in [6.07, 6.45) is 0. The van der Waals surface area contributed by atoms with Crippen molar-refractivity contribution in [3.8, 4) is 0 Å². The molecule has 0 spiro atoms. The van der Waals surface area contributed by atoms with E-state index in [-0.39, 0.29) is 20.6 Å². The Labute approximate surface area is 147 Å². The SMILES string of the molecule is O=C(Cl)CN(c1cc(Cl)cc(Cl)c1)S(=O)(=O)c1ccc(F)cc1. The quantitative estimate of drug-likeness (QED) is 0.715. The summed E-state index contributed by atoms with van der Waals surface area (Å²) in [5.41, 5.74) is 0.0702. The molecule has 122 valence electrons. The molecule has 0 aromatic heterocycles. The molecule has 0 atom stereocenters. The van der Waals surface area contributed by atoms with E-state index in [0.29, 0.717) is 0 Å². The fourth-order valence-electron chi connectivity index (χ4n) is 1.85. The molecule has 0 fully saturated rings. The first-order valence-electron chi connectivity index (χ1n) is 6.13. The first-order chi connectivity index (χ1) is 10.7. The molecule has 2 aromatic carbocycles. The minimum Gasteiger partial charge on any atom is -0.279 e. The molecule has 0 aliphatic carbocycles. The van der Waals surface area contributed by atoms with E-state index in [2.05, 4.69) is 0 Å². The zero-order valence-corrected chi connectivity index (χ0v) is 14.4. The number of carbonyl (C=O) groups is 1. The molecule has 0 aliphatic heterocycles. The van der Waals surface area contributed by atoms with Crippen LogP contribution in [0, 0.1) is 5.82 Å². The first-order valence-corrected chi connectivity index (χ1v) is 8.70. The third kappa shape index (κ3) is 4.35. The van der Waals surface area contributed by atoms with Gasteiger partial charge in [-0.3, -0.25) is 9.10 Å². The summed E-state index contributed by atoms with van der Waals surface area (Å²) in [6, 6.07) is 8.24. The van der Waals surface area contributed by atoms with Crippen LogP contribution in [0.3, 0.4) is 0 Å². The van der Waals surface area contributed by atoms with Crippen molar-refractivity contribution in [2.45, 2.75) is 4.90 Å². The van der Waals surface area contributed by atoms with E-state index in [1.807, 2.05) is 0 Å². The Balaban J connectivity index is 2.57. The third-order valence-corrected chi connectivity index (χ3v) is 5.15. The lowest BCUT2D eigenvalue weighted by Gasteiger charge is -2.23. The molecule has 0 amide bonds. The molecule has 0 heterocycles. The Morgan fingerprint density at radius 2 is 1.57 bits per heavy atom. The van der Waals surface area contributed by atoms with Crippen LogP contribution in [-0.2, 0) is 14.8 Å². The van der Waals surface area contributed by atoms with Gasteiger partial charge in [-0.25, -0.2) is 12.8 Å². The van der Waals surface area contributed by atoms with Gasteiger partial charge in [-0.15, -0.1) is 0 Å². The lowest BCUT2D eigenvalue weighted by Crippen LogP contribution is -2.34. The second-order valence-corrected chi connectivity index (χ2v) is 7.61. The number of benzene rings is 2. The number of sulfonamides is 1. The highest BCUT2D eigenvalue weighted by Gasteiger charge is 2.27. The van der Waals surface area contributed by atoms with Gasteiger partial charge in [-0.05, 0) is 54.1 Å². The summed E-state index contributed by atoms with van der Waals surface area (Å²) in [6.45, 7) is -0.627. The van der Waals surface area contributed by atoms with Crippen LogP contribution in [0.5, 0.6) is 0 Å². The summed E-state index contributed by atoms with van der Waals surface area (Å²) in [7, 11) is -4.16. The normalized spacial score (nSPS) is 11.3. The first kappa shape index (κ1) is 18.0. The molecule has 4 nitrogen and oxygen atoms in total. The number of hydrogen-bond acceptors (Lipinski definition) is 3. The number of rotatable bonds is 5. The fourth-order valence-corrected chi connectivity index (χ4v) is 3.95. The lowest BCUT2D eigenvalue weighted by molar-refractivity contribution is -0.110. The summed E-state index contributed by atoms with van der Waals surface area (Å²) < 4.78 is 39.2. The van der Waals surface area contributed by atoms with E-state index in [0.717, 1.165) is 28.6 Å². The standard InChI is InChI=1S/C14H9Cl3FNO3S/c15-9-5-10(16)7-12(6-9)19(8-14(17)20)23(21,22)13-3-1-11(18)2-4-13/h1-7H,8H2. The molecule has 0 saturated heterocycles. The Kier molecular flexibility index (Phi) is 5.52. The monoisotopic (exact) mass is 395 g/mol. The smallest absolute Gasteiger partial charge is 0.264 e. The Morgan fingerprint density at radius 1 is 1.04 bits per heavy atom. The van der Waals surface area contributed by atoms with Crippen molar-refractivity contribution in [3.05, 3.63) is 58.3 Å². The number of halogens is 4. The maximum atomic E-state index is 13.0. The molecule has 0 saturated carbocycles. The fraction of sp³-hybridized carbons (Fsp3) is 0.0714. The van der Waals surface area contributed by atoms with Crippen molar-refractivity contribution in [1.29, 1.82) is 0 Å². The molecular weight excluding hydrogens is 388 g/mol. The minimum atomic E-state index is -4.16. The van der Waals surface area contributed by atoms with Crippen LogP contribution in [0.2, 0.25) is 10.0 Å². The molecule has 2 rings (SSSR count). The van der Waals surface area contributed by atoms with Crippen molar-refractivity contribution in [2.24, 2.45) is 0 Å². The maximum Gasteiger partial charge on any atom is 0.264 e. The molecule has 0 aliphatic rings. The van der Waals surface area contributed by atoms with E-state index in [9.17, 15) is 17.6 Å². The zero-order chi connectivity index (χ0) is 17.2. The second-order valence-electron chi connectivity index (χ2n) is 4.45. The second kappa shape index (κ2) is 7.05. The van der Waals surface area contributed by atoms with Crippen LogP contribution >= 0.6 is 34.8 Å². The zero-order valence-electron chi connectivity index (χ0n) is 11.3. The average molecular weight is 397 g/mol. The van der Waals surface area contributed by atoms with E-state index < -0.39 is 27.6 Å². The number of anilines is 1. The topological polar surface area (TPSA) is 54.5 Å². The van der Waals surface area contributed by atoms with Gasteiger partial charge in [-0.1, -0.05) is 23.2 Å². The third-order valence-electron chi connectivity index (χ3n) is 2.80. The van der Waals surface area contributed by atoms with Gasteiger partial charge in [0.25, 0.3) is 10.0 Å². The van der Waals surface area contributed by atoms with Crippen LogP contribution < -0.4 is 4.31 Å². The molecule has 0 N–H and O–H groups in total. The summed E-state index contributed by atoms with van der Waals surface area (Å²) in [5, 5.41) is -0.519. The van der Waals surface area contributed by atoms with Crippen LogP contribution in [0.1, 0.15) is 0 Å². The minimum absolute atomic E-state index is 0.0702. The van der Waals surface area contributed by atoms with Gasteiger partial charge in [0.2, 0.25) is 5.24 Å². The summed E-state index contributed by atoms with van der Waals surface area (Å²) in [5.74, 6) is -0.588.